The Morgan fingerprint density at radius 2 is 0.909 bits per heavy atom. The zero-order valence-electron chi connectivity index (χ0n) is 13.4. The van der Waals surface area contributed by atoms with E-state index in [2.05, 4.69) is 94.8 Å². The van der Waals surface area contributed by atoms with Gasteiger partial charge in [-0.25, -0.2) is 10.0 Å². The summed E-state index contributed by atoms with van der Waals surface area (Å²) in [6, 6.07) is 21.1. The van der Waals surface area contributed by atoms with Crippen LogP contribution in [-0.4, -0.2) is 50.3 Å². The Morgan fingerprint density at radius 1 is 0.591 bits per heavy atom. The van der Waals surface area contributed by atoms with E-state index in [0.717, 1.165) is 26.2 Å². The van der Waals surface area contributed by atoms with E-state index in [4.69, 9.17) is 0 Å². The van der Waals surface area contributed by atoms with E-state index in [1.54, 1.807) is 0 Å². The summed E-state index contributed by atoms with van der Waals surface area (Å²) in [5.41, 5.74) is 2.49. The molecule has 1 aliphatic rings. The van der Waals surface area contributed by atoms with Crippen molar-refractivity contribution in [3.8, 4) is 0 Å². The Hall–Kier alpha value is -2.04. The topological polar surface area (TPSA) is 13.0 Å². The van der Waals surface area contributed by atoms with Crippen LogP contribution in [0.5, 0.6) is 0 Å². The van der Waals surface area contributed by atoms with Crippen LogP contribution in [0.25, 0.3) is 0 Å². The smallest absolute Gasteiger partial charge is 0.0518 e. The van der Waals surface area contributed by atoms with E-state index in [-0.39, 0.29) is 0 Å². The maximum atomic E-state index is 2.41. The van der Waals surface area contributed by atoms with Crippen LogP contribution in [0.2, 0.25) is 0 Å². The lowest BCUT2D eigenvalue weighted by Gasteiger charge is -2.43. The van der Waals surface area contributed by atoms with Gasteiger partial charge in [-0.15, -0.1) is 0 Å². The van der Waals surface area contributed by atoms with E-state index in [9.17, 15) is 0 Å². The summed E-state index contributed by atoms with van der Waals surface area (Å²) in [5.74, 6) is 0. The molecule has 1 aliphatic heterocycles. The van der Waals surface area contributed by atoms with Gasteiger partial charge in [0.05, 0.1) is 11.4 Å². The minimum Gasteiger partial charge on any atom is -0.309 e. The number of piperazine rings is 1. The average molecular weight is 296 g/mol. The Labute approximate surface area is 133 Å². The fraction of sp³-hybridized carbons (Fsp3) is 0.333. The molecule has 4 nitrogen and oxygen atoms in total. The van der Waals surface area contributed by atoms with E-state index in [1.807, 2.05) is 0 Å². The van der Waals surface area contributed by atoms with E-state index >= 15 is 0 Å². The molecule has 0 N–H and O–H groups in total. The molecule has 0 aliphatic carbocycles. The lowest BCUT2D eigenvalue weighted by Crippen LogP contribution is -2.56. The van der Waals surface area contributed by atoms with Crippen LogP contribution in [0, 0.1) is 0 Å². The molecule has 0 amide bonds. The monoisotopic (exact) mass is 296 g/mol. The number of rotatable bonds is 4. The molecule has 22 heavy (non-hydrogen) atoms. The van der Waals surface area contributed by atoms with Crippen molar-refractivity contribution in [2.75, 3.05) is 50.3 Å². The molecule has 2 aromatic carbocycles. The predicted octanol–water partition coefficient (Wildman–Crippen LogP) is 2.71. The second-order valence-corrected chi connectivity index (χ2v) is 5.63. The zero-order valence-corrected chi connectivity index (χ0v) is 13.4. The lowest BCUT2D eigenvalue weighted by molar-refractivity contribution is 0.122. The fourth-order valence-electron chi connectivity index (χ4n) is 2.90. The summed E-state index contributed by atoms with van der Waals surface area (Å²) in [7, 11) is 4.29. The van der Waals surface area contributed by atoms with Gasteiger partial charge < -0.3 is 10.0 Å². The summed E-state index contributed by atoms with van der Waals surface area (Å²) >= 11 is 0. The molecule has 0 bridgehead atoms. The van der Waals surface area contributed by atoms with Crippen molar-refractivity contribution in [3.05, 3.63) is 60.7 Å². The molecule has 0 aromatic heterocycles. The maximum absolute atomic E-state index is 2.41. The van der Waals surface area contributed by atoms with Crippen LogP contribution >= 0.6 is 0 Å². The first kappa shape index (κ1) is 14.9. The maximum Gasteiger partial charge on any atom is 0.0518 e. The highest BCUT2D eigenvalue weighted by atomic mass is 15.7. The molecule has 0 spiro atoms. The molecule has 0 radical (unpaired) electrons. The van der Waals surface area contributed by atoms with Crippen molar-refractivity contribution in [2.24, 2.45) is 0 Å². The SMILES string of the molecule is CN(c1ccccc1)N1CCN(N(C)c2ccccc2)CC1. The number of hydrazine groups is 2. The normalized spacial score (nSPS) is 16.5. The molecule has 1 heterocycles. The van der Waals surface area contributed by atoms with Gasteiger partial charge >= 0.3 is 0 Å². The fourth-order valence-corrected chi connectivity index (χ4v) is 2.90. The van der Waals surface area contributed by atoms with Crippen molar-refractivity contribution >= 4 is 11.4 Å². The van der Waals surface area contributed by atoms with Gasteiger partial charge in [0.2, 0.25) is 0 Å². The predicted molar refractivity (Wildman–Crippen MR) is 92.8 cm³/mol. The Balaban J connectivity index is 1.58. The van der Waals surface area contributed by atoms with Crippen molar-refractivity contribution < 1.29 is 0 Å². The van der Waals surface area contributed by atoms with E-state index in [0.29, 0.717) is 0 Å². The van der Waals surface area contributed by atoms with Crippen LogP contribution in [0.1, 0.15) is 0 Å². The van der Waals surface area contributed by atoms with Gasteiger partial charge in [-0.2, -0.15) is 0 Å². The second kappa shape index (κ2) is 6.81. The third-order valence-electron chi connectivity index (χ3n) is 4.34. The molecule has 0 unspecified atom stereocenters. The van der Waals surface area contributed by atoms with Crippen LogP contribution in [0.4, 0.5) is 11.4 Å². The largest absolute Gasteiger partial charge is 0.309 e. The highest BCUT2D eigenvalue weighted by Crippen LogP contribution is 2.18. The van der Waals surface area contributed by atoms with Gasteiger partial charge in [-0.1, -0.05) is 36.4 Å². The first-order chi connectivity index (χ1) is 10.8. The van der Waals surface area contributed by atoms with Gasteiger partial charge in [0.25, 0.3) is 0 Å². The van der Waals surface area contributed by atoms with Crippen LogP contribution in [0.15, 0.2) is 60.7 Å². The standard InChI is InChI=1S/C18H24N4/c1-19(17-9-5-3-6-10-17)21-13-15-22(16-14-21)20(2)18-11-7-4-8-12-18/h3-12H,13-16H2,1-2H3. The summed E-state index contributed by atoms with van der Waals surface area (Å²) in [6.07, 6.45) is 0. The summed E-state index contributed by atoms with van der Waals surface area (Å²) in [6.45, 7) is 4.12. The molecular formula is C18H24N4. The van der Waals surface area contributed by atoms with Crippen molar-refractivity contribution in [2.45, 2.75) is 0 Å². The highest BCUT2D eigenvalue weighted by molar-refractivity contribution is 5.45. The molecule has 116 valence electrons. The van der Waals surface area contributed by atoms with Gasteiger partial charge in [0.15, 0.2) is 0 Å². The first-order valence-electron chi connectivity index (χ1n) is 7.83. The second-order valence-electron chi connectivity index (χ2n) is 5.63. The van der Waals surface area contributed by atoms with E-state index < -0.39 is 0 Å². The summed E-state index contributed by atoms with van der Waals surface area (Å²) in [4.78, 5) is 0. The Morgan fingerprint density at radius 3 is 1.23 bits per heavy atom. The third kappa shape index (κ3) is 3.24. The number of hydrogen-bond donors (Lipinski definition) is 0. The molecule has 1 fully saturated rings. The number of anilines is 2. The first-order valence-corrected chi connectivity index (χ1v) is 7.83. The molecule has 1 saturated heterocycles. The van der Waals surface area contributed by atoms with Crippen LogP contribution < -0.4 is 10.0 Å². The van der Waals surface area contributed by atoms with Crippen LogP contribution in [-0.2, 0) is 0 Å². The minimum atomic E-state index is 1.03. The summed E-state index contributed by atoms with van der Waals surface area (Å²) < 4.78 is 0. The quantitative estimate of drug-likeness (QED) is 0.860. The third-order valence-corrected chi connectivity index (χ3v) is 4.34. The van der Waals surface area contributed by atoms with Gasteiger partial charge in [-0.05, 0) is 24.3 Å². The minimum absolute atomic E-state index is 1.03. The molecule has 3 rings (SSSR count). The van der Waals surface area contributed by atoms with E-state index in [1.165, 1.54) is 11.4 Å². The molecule has 2 aromatic rings. The molecule has 0 saturated carbocycles. The highest BCUT2D eigenvalue weighted by Gasteiger charge is 2.22. The van der Waals surface area contributed by atoms with Crippen molar-refractivity contribution in [1.82, 2.24) is 10.0 Å². The van der Waals surface area contributed by atoms with Crippen molar-refractivity contribution in [3.63, 3.8) is 0 Å². The number of para-hydroxylation sites is 2. The molecule has 4 heteroatoms. The number of hydrogen-bond acceptors (Lipinski definition) is 4. The number of nitrogens with zero attached hydrogens (tertiary/aromatic N) is 4. The van der Waals surface area contributed by atoms with Crippen LogP contribution in [0.3, 0.4) is 0 Å². The Bertz CT molecular complexity index is 511. The lowest BCUT2D eigenvalue weighted by atomic mass is 10.3. The van der Waals surface area contributed by atoms with Gasteiger partial charge in [-0.3, -0.25) is 0 Å². The van der Waals surface area contributed by atoms with Crippen molar-refractivity contribution in [1.29, 1.82) is 0 Å². The number of benzene rings is 2. The van der Waals surface area contributed by atoms with Gasteiger partial charge in [0, 0.05) is 40.3 Å². The summed E-state index contributed by atoms with van der Waals surface area (Å²) in [5, 5.41) is 9.34. The van der Waals surface area contributed by atoms with Gasteiger partial charge in [0.1, 0.15) is 0 Å². The molecular weight excluding hydrogens is 272 g/mol. The molecule has 0 atom stereocenters. The Kier molecular flexibility index (Phi) is 4.61. The average Bonchev–Trinajstić information content (AvgIpc) is 2.62. The zero-order chi connectivity index (χ0) is 15.4.